The number of aryl methyl sites for hydroxylation is 1. The van der Waals surface area contributed by atoms with E-state index in [4.69, 9.17) is 4.84 Å². The first-order valence-electron chi connectivity index (χ1n) is 10.9. The van der Waals surface area contributed by atoms with Crippen molar-refractivity contribution >= 4 is 52.2 Å². The molecule has 1 heterocycles. The van der Waals surface area contributed by atoms with E-state index in [1.807, 2.05) is 31.2 Å². The summed E-state index contributed by atoms with van der Waals surface area (Å²) in [7, 11) is 0. The Morgan fingerprint density at radius 3 is 2.33 bits per heavy atom. The third kappa shape index (κ3) is 9.32. The van der Waals surface area contributed by atoms with Crippen molar-refractivity contribution < 1.29 is 28.8 Å². The summed E-state index contributed by atoms with van der Waals surface area (Å²) in [4.78, 5) is 65.9. The predicted octanol–water partition coefficient (Wildman–Crippen LogP) is 2.18. The van der Waals surface area contributed by atoms with Crippen molar-refractivity contribution in [3.05, 3.63) is 45.6 Å². The van der Waals surface area contributed by atoms with Gasteiger partial charge in [-0.25, -0.2) is 4.79 Å². The largest absolute Gasteiger partial charge is 0.344 e. The molecule has 1 unspecified atom stereocenters. The fourth-order valence-corrected chi connectivity index (χ4v) is 3.47. The van der Waals surface area contributed by atoms with E-state index in [2.05, 4.69) is 33.4 Å². The Balaban J connectivity index is 1.92. The SMILES string of the molecule is CCCCCC(=O)ONC(=O)C(CCc1ccc(I)cc1)NC(=O)CCN1C(=O)C=CC1=O. The van der Waals surface area contributed by atoms with Crippen LogP contribution in [0, 0.1) is 3.57 Å². The highest BCUT2D eigenvalue weighted by Crippen LogP contribution is 2.11. The molecule has 10 heteroatoms. The number of imide groups is 1. The second-order valence-electron chi connectivity index (χ2n) is 7.59. The summed E-state index contributed by atoms with van der Waals surface area (Å²) in [5, 5.41) is 2.61. The number of unbranched alkanes of at least 4 members (excludes halogenated alkanes) is 2. The van der Waals surface area contributed by atoms with Crippen LogP contribution in [0.1, 0.15) is 51.0 Å². The minimum atomic E-state index is -0.955. The van der Waals surface area contributed by atoms with Gasteiger partial charge in [0, 0.05) is 35.1 Å². The Hall–Kier alpha value is -2.76. The van der Waals surface area contributed by atoms with E-state index in [0.29, 0.717) is 12.8 Å². The van der Waals surface area contributed by atoms with E-state index in [0.717, 1.165) is 39.0 Å². The molecule has 9 nitrogen and oxygen atoms in total. The van der Waals surface area contributed by atoms with E-state index in [9.17, 15) is 24.0 Å². The second kappa shape index (κ2) is 13.7. The van der Waals surface area contributed by atoms with Crippen LogP contribution < -0.4 is 10.8 Å². The molecule has 1 aromatic carbocycles. The van der Waals surface area contributed by atoms with Crippen LogP contribution in [-0.4, -0.2) is 47.1 Å². The average molecular weight is 569 g/mol. The molecule has 0 spiro atoms. The Morgan fingerprint density at radius 1 is 1.03 bits per heavy atom. The number of nitrogens with zero attached hydrogens (tertiary/aromatic N) is 1. The molecule has 0 fully saturated rings. The standard InChI is InChI=1S/C23H28IN3O6/c1-2-3-4-5-22(31)33-26-23(32)18(11-8-16-6-9-17(24)10-7-16)25-19(28)14-15-27-20(29)12-13-21(27)30/h6-7,9-10,12-13,18H,2-5,8,11,14-15H2,1H3,(H,25,28)(H,26,32). The Morgan fingerprint density at radius 2 is 1.70 bits per heavy atom. The molecule has 1 aliphatic heterocycles. The normalized spacial score (nSPS) is 13.7. The summed E-state index contributed by atoms with van der Waals surface area (Å²) < 4.78 is 1.08. The van der Waals surface area contributed by atoms with Crippen molar-refractivity contribution in [1.29, 1.82) is 0 Å². The first-order chi connectivity index (χ1) is 15.8. The van der Waals surface area contributed by atoms with E-state index < -0.39 is 35.6 Å². The van der Waals surface area contributed by atoms with Crippen molar-refractivity contribution in [3.63, 3.8) is 0 Å². The lowest BCUT2D eigenvalue weighted by atomic mass is 10.0. The van der Waals surface area contributed by atoms with Crippen molar-refractivity contribution in [2.75, 3.05) is 6.54 Å². The number of rotatable bonds is 12. The van der Waals surface area contributed by atoms with Gasteiger partial charge in [0.15, 0.2) is 0 Å². The lowest BCUT2D eigenvalue weighted by Gasteiger charge is -2.19. The molecule has 1 atom stereocenters. The average Bonchev–Trinajstić information content (AvgIpc) is 3.12. The number of carbonyl (C=O) groups excluding carboxylic acids is 5. The zero-order valence-electron chi connectivity index (χ0n) is 18.5. The van der Waals surface area contributed by atoms with E-state index in [-0.39, 0.29) is 25.8 Å². The van der Waals surface area contributed by atoms with Crippen LogP contribution in [0.15, 0.2) is 36.4 Å². The van der Waals surface area contributed by atoms with Crippen molar-refractivity contribution in [2.45, 2.75) is 57.9 Å². The highest BCUT2D eigenvalue weighted by Gasteiger charge is 2.26. The molecule has 33 heavy (non-hydrogen) atoms. The molecule has 0 aromatic heterocycles. The summed E-state index contributed by atoms with van der Waals surface area (Å²) in [6.45, 7) is 1.93. The van der Waals surface area contributed by atoms with Gasteiger partial charge in [-0.1, -0.05) is 31.9 Å². The number of halogens is 1. The first kappa shape index (κ1) is 26.5. The van der Waals surface area contributed by atoms with Crippen LogP contribution in [0.3, 0.4) is 0 Å². The van der Waals surface area contributed by atoms with Gasteiger partial charge in [-0.05, 0) is 59.5 Å². The van der Waals surface area contributed by atoms with Gasteiger partial charge in [0.05, 0.1) is 0 Å². The molecular weight excluding hydrogens is 541 g/mol. The number of hydrogen-bond donors (Lipinski definition) is 2. The quantitative estimate of drug-likeness (QED) is 0.172. The van der Waals surface area contributed by atoms with Crippen molar-refractivity contribution in [2.24, 2.45) is 0 Å². The highest BCUT2D eigenvalue weighted by molar-refractivity contribution is 14.1. The molecule has 2 rings (SSSR count). The number of hydroxylamine groups is 1. The summed E-state index contributed by atoms with van der Waals surface area (Å²) in [5.41, 5.74) is 3.12. The van der Waals surface area contributed by atoms with Gasteiger partial charge in [-0.3, -0.25) is 24.1 Å². The zero-order valence-corrected chi connectivity index (χ0v) is 20.6. The van der Waals surface area contributed by atoms with E-state index >= 15 is 0 Å². The Kier molecular flexibility index (Phi) is 11.0. The van der Waals surface area contributed by atoms with Gasteiger partial charge in [-0.2, -0.15) is 5.48 Å². The predicted molar refractivity (Wildman–Crippen MR) is 128 cm³/mol. The lowest BCUT2D eigenvalue weighted by molar-refractivity contribution is -0.159. The molecule has 2 N–H and O–H groups in total. The van der Waals surface area contributed by atoms with Crippen LogP contribution in [0.25, 0.3) is 0 Å². The maximum absolute atomic E-state index is 12.6. The lowest BCUT2D eigenvalue weighted by Crippen LogP contribution is -2.48. The number of nitrogens with one attached hydrogen (secondary N) is 2. The minimum absolute atomic E-state index is 0.0889. The monoisotopic (exact) mass is 569 g/mol. The highest BCUT2D eigenvalue weighted by atomic mass is 127. The van der Waals surface area contributed by atoms with E-state index in [1.54, 1.807) is 0 Å². The maximum Gasteiger partial charge on any atom is 0.332 e. The van der Waals surface area contributed by atoms with Crippen LogP contribution in [-0.2, 0) is 35.2 Å². The fraction of sp³-hybridized carbons (Fsp3) is 0.435. The van der Waals surface area contributed by atoms with Crippen LogP contribution >= 0.6 is 22.6 Å². The third-order valence-corrected chi connectivity index (χ3v) is 5.72. The molecule has 0 aliphatic carbocycles. The van der Waals surface area contributed by atoms with Gasteiger partial charge in [0.2, 0.25) is 5.91 Å². The summed E-state index contributed by atoms with van der Waals surface area (Å²) >= 11 is 2.20. The fourth-order valence-electron chi connectivity index (χ4n) is 3.11. The minimum Gasteiger partial charge on any atom is -0.344 e. The van der Waals surface area contributed by atoms with E-state index in [1.165, 1.54) is 0 Å². The molecule has 0 bridgehead atoms. The summed E-state index contributed by atoms with van der Waals surface area (Å²) in [6, 6.07) is 6.80. The first-order valence-corrected chi connectivity index (χ1v) is 11.9. The number of amides is 4. The molecule has 0 radical (unpaired) electrons. The van der Waals surface area contributed by atoms with Crippen LogP contribution in [0.2, 0.25) is 0 Å². The molecule has 0 saturated carbocycles. The molecule has 1 aromatic rings. The van der Waals surface area contributed by atoms with Crippen molar-refractivity contribution in [1.82, 2.24) is 15.7 Å². The second-order valence-corrected chi connectivity index (χ2v) is 8.84. The maximum atomic E-state index is 12.6. The van der Waals surface area contributed by atoms with Gasteiger partial charge in [0.1, 0.15) is 6.04 Å². The molecule has 1 aliphatic rings. The number of benzene rings is 1. The van der Waals surface area contributed by atoms with Gasteiger partial charge < -0.3 is 10.2 Å². The third-order valence-electron chi connectivity index (χ3n) is 5.00. The smallest absolute Gasteiger partial charge is 0.332 e. The zero-order chi connectivity index (χ0) is 24.2. The van der Waals surface area contributed by atoms with Crippen LogP contribution in [0.4, 0.5) is 0 Å². The van der Waals surface area contributed by atoms with Crippen LogP contribution in [0.5, 0.6) is 0 Å². The number of carbonyl (C=O) groups is 5. The van der Waals surface area contributed by atoms with Gasteiger partial charge in [-0.15, -0.1) is 0 Å². The number of hydrogen-bond acceptors (Lipinski definition) is 6. The molecule has 0 saturated heterocycles. The Bertz CT molecular complexity index is 882. The van der Waals surface area contributed by atoms with Crippen molar-refractivity contribution in [3.8, 4) is 0 Å². The summed E-state index contributed by atoms with van der Waals surface area (Å²) in [6.07, 6.45) is 5.62. The summed E-state index contributed by atoms with van der Waals surface area (Å²) in [5.74, 6) is -2.64. The topological polar surface area (TPSA) is 122 Å². The Labute approximate surface area is 206 Å². The van der Waals surface area contributed by atoms with Gasteiger partial charge in [0.25, 0.3) is 17.7 Å². The molecular formula is C23H28IN3O6. The molecule has 178 valence electrons. The van der Waals surface area contributed by atoms with Gasteiger partial charge >= 0.3 is 5.97 Å². The molecule has 4 amide bonds.